The Labute approximate surface area is 107 Å². The van der Waals surface area contributed by atoms with Crippen LogP contribution in [0.25, 0.3) is 0 Å². The molecular weight excluding hydrogens is 234 g/mol. The van der Waals surface area contributed by atoms with E-state index in [1.54, 1.807) is 11.3 Å². The van der Waals surface area contributed by atoms with E-state index in [4.69, 9.17) is 4.74 Å². The van der Waals surface area contributed by atoms with Crippen molar-refractivity contribution in [3.05, 3.63) is 16.6 Å². The van der Waals surface area contributed by atoms with Crippen molar-refractivity contribution < 1.29 is 4.74 Å². The van der Waals surface area contributed by atoms with E-state index in [-0.39, 0.29) is 0 Å². The molecule has 1 N–H and O–H groups in total. The Hall–Kier alpha value is -0.490. The van der Waals surface area contributed by atoms with Gasteiger partial charge in [-0.2, -0.15) is 0 Å². The number of aromatic nitrogens is 1. The zero-order chi connectivity index (χ0) is 11.9. The van der Waals surface area contributed by atoms with Crippen LogP contribution in [-0.4, -0.2) is 48.8 Å². The number of ether oxygens (including phenoxy) is 1. The average molecular weight is 255 g/mol. The third kappa shape index (κ3) is 4.03. The van der Waals surface area contributed by atoms with Crippen molar-refractivity contribution >= 4 is 11.3 Å². The summed E-state index contributed by atoms with van der Waals surface area (Å²) in [6.45, 7) is 7.94. The van der Waals surface area contributed by atoms with E-state index in [1.165, 1.54) is 11.4 Å². The minimum atomic E-state index is 0.485. The van der Waals surface area contributed by atoms with Crippen molar-refractivity contribution in [1.29, 1.82) is 0 Å². The van der Waals surface area contributed by atoms with Crippen molar-refractivity contribution in [2.24, 2.45) is 0 Å². The maximum absolute atomic E-state index is 5.56. The maximum atomic E-state index is 5.56. The maximum Gasteiger partial charge on any atom is 0.107 e. The molecule has 0 amide bonds. The number of hydrogen-bond donors (Lipinski definition) is 1. The molecule has 2 rings (SSSR count). The van der Waals surface area contributed by atoms with Gasteiger partial charge in [0.25, 0.3) is 0 Å². The number of hydrogen-bond acceptors (Lipinski definition) is 5. The molecule has 0 aromatic carbocycles. The molecule has 1 unspecified atom stereocenters. The van der Waals surface area contributed by atoms with Crippen LogP contribution in [0, 0.1) is 0 Å². The summed E-state index contributed by atoms with van der Waals surface area (Å²) in [6, 6.07) is 0.485. The fourth-order valence-electron chi connectivity index (χ4n) is 2.04. The van der Waals surface area contributed by atoms with Crippen LogP contribution in [0.3, 0.4) is 0 Å². The molecule has 4 nitrogen and oxygen atoms in total. The van der Waals surface area contributed by atoms with Crippen molar-refractivity contribution in [1.82, 2.24) is 15.2 Å². The van der Waals surface area contributed by atoms with Crippen molar-refractivity contribution in [2.75, 3.05) is 32.8 Å². The van der Waals surface area contributed by atoms with Gasteiger partial charge in [-0.15, -0.1) is 11.3 Å². The van der Waals surface area contributed by atoms with Crippen LogP contribution in [0.5, 0.6) is 0 Å². The molecule has 2 heterocycles. The Morgan fingerprint density at radius 3 is 3.35 bits per heavy atom. The lowest BCUT2D eigenvalue weighted by Crippen LogP contribution is -2.49. The average Bonchev–Trinajstić information content (AvgIpc) is 2.84. The topological polar surface area (TPSA) is 37.4 Å². The Morgan fingerprint density at radius 1 is 1.65 bits per heavy atom. The zero-order valence-electron chi connectivity index (χ0n) is 10.4. The summed E-state index contributed by atoms with van der Waals surface area (Å²) in [5.41, 5.74) is 0. The number of nitrogens with one attached hydrogen (secondary N) is 1. The standard InChI is InChI=1S/C12H21N3OS/c1-2-3-13-8-11-10-16-6-5-15(11)9-12-14-4-7-17-12/h4,7,11,13H,2-3,5-6,8-10H2,1H3. The van der Waals surface area contributed by atoms with Gasteiger partial charge >= 0.3 is 0 Å². The number of nitrogens with zero attached hydrogens (tertiary/aromatic N) is 2. The molecule has 0 spiro atoms. The van der Waals surface area contributed by atoms with Gasteiger partial charge in [0.1, 0.15) is 5.01 Å². The van der Waals surface area contributed by atoms with E-state index in [9.17, 15) is 0 Å². The van der Waals surface area contributed by atoms with E-state index in [0.717, 1.165) is 39.4 Å². The van der Waals surface area contributed by atoms with Crippen LogP contribution < -0.4 is 5.32 Å². The summed E-state index contributed by atoms with van der Waals surface area (Å²) in [7, 11) is 0. The van der Waals surface area contributed by atoms with E-state index in [1.807, 2.05) is 11.6 Å². The molecular formula is C12H21N3OS. The summed E-state index contributed by atoms with van der Waals surface area (Å²) in [4.78, 5) is 6.83. The molecule has 1 aromatic heterocycles. The van der Waals surface area contributed by atoms with E-state index in [2.05, 4.69) is 22.1 Å². The van der Waals surface area contributed by atoms with E-state index in [0.29, 0.717) is 6.04 Å². The number of thiazole rings is 1. The molecule has 0 aliphatic carbocycles. The number of rotatable bonds is 6. The SMILES string of the molecule is CCCNCC1COCCN1Cc1nccs1. The van der Waals surface area contributed by atoms with Gasteiger partial charge < -0.3 is 10.1 Å². The summed E-state index contributed by atoms with van der Waals surface area (Å²) in [5.74, 6) is 0. The highest BCUT2D eigenvalue weighted by molar-refractivity contribution is 7.09. The van der Waals surface area contributed by atoms with E-state index < -0.39 is 0 Å². The van der Waals surface area contributed by atoms with Crippen LogP contribution in [-0.2, 0) is 11.3 Å². The first-order valence-corrected chi connectivity index (χ1v) is 7.19. The van der Waals surface area contributed by atoms with E-state index >= 15 is 0 Å². The first-order chi connectivity index (χ1) is 8.40. The Balaban J connectivity index is 1.83. The van der Waals surface area contributed by atoms with Crippen molar-refractivity contribution in [3.8, 4) is 0 Å². The summed E-state index contributed by atoms with van der Waals surface area (Å²) in [6.07, 6.45) is 3.06. The largest absolute Gasteiger partial charge is 0.378 e. The van der Waals surface area contributed by atoms with Crippen LogP contribution >= 0.6 is 11.3 Å². The Morgan fingerprint density at radius 2 is 2.59 bits per heavy atom. The molecule has 1 aliphatic rings. The molecule has 1 aliphatic heterocycles. The number of morpholine rings is 1. The smallest absolute Gasteiger partial charge is 0.107 e. The highest BCUT2D eigenvalue weighted by Gasteiger charge is 2.23. The first-order valence-electron chi connectivity index (χ1n) is 6.31. The van der Waals surface area contributed by atoms with Gasteiger partial charge in [-0.1, -0.05) is 6.92 Å². The highest BCUT2D eigenvalue weighted by Crippen LogP contribution is 2.13. The van der Waals surface area contributed by atoms with Crippen LogP contribution in [0.4, 0.5) is 0 Å². The van der Waals surface area contributed by atoms with Gasteiger partial charge in [0, 0.05) is 30.7 Å². The van der Waals surface area contributed by atoms with Crippen LogP contribution in [0.15, 0.2) is 11.6 Å². The molecule has 1 fully saturated rings. The Bertz CT molecular complexity index is 305. The van der Waals surface area contributed by atoms with Gasteiger partial charge in [0.05, 0.1) is 19.8 Å². The van der Waals surface area contributed by atoms with Gasteiger partial charge in [-0.05, 0) is 13.0 Å². The highest BCUT2D eigenvalue weighted by atomic mass is 32.1. The summed E-state index contributed by atoms with van der Waals surface area (Å²) >= 11 is 1.73. The summed E-state index contributed by atoms with van der Waals surface area (Å²) in [5, 5.41) is 6.72. The lowest BCUT2D eigenvalue weighted by atomic mass is 10.2. The zero-order valence-corrected chi connectivity index (χ0v) is 11.2. The molecule has 0 bridgehead atoms. The lowest BCUT2D eigenvalue weighted by molar-refractivity contribution is -0.0108. The second-order valence-electron chi connectivity index (χ2n) is 4.33. The second kappa shape index (κ2) is 7.06. The third-order valence-electron chi connectivity index (χ3n) is 2.98. The minimum absolute atomic E-state index is 0.485. The predicted octanol–water partition coefficient (Wildman–Crippen LogP) is 1.34. The van der Waals surface area contributed by atoms with Gasteiger partial charge in [-0.25, -0.2) is 4.98 Å². The minimum Gasteiger partial charge on any atom is -0.378 e. The molecule has 0 radical (unpaired) electrons. The fourth-order valence-corrected chi connectivity index (χ4v) is 2.68. The molecule has 1 aromatic rings. The molecule has 5 heteroatoms. The molecule has 96 valence electrons. The molecule has 1 saturated heterocycles. The van der Waals surface area contributed by atoms with Crippen molar-refractivity contribution in [3.63, 3.8) is 0 Å². The predicted molar refractivity (Wildman–Crippen MR) is 70.3 cm³/mol. The third-order valence-corrected chi connectivity index (χ3v) is 3.74. The second-order valence-corrected chi connectivity index (χ2v) is 5.31. The van der Waals surface area contributed by atoms with Gasteiger partial charge in [-0.3, -0.25) is 4.90 Å². The lowest BCUT2D eigenvalue weighted by Gasteiger charge is -2.35. The molecule has 1 atom stereocenters. The molecule has 0 saturated carbocycles. The van der Waals surface area contributed by atoms with Crippen LogP contribution in [0.1, 0.15) is 18.4 Å². The van der Waals surface area contributed by atoms with Crippen molar-refractivity contribution in [2.45, 2.75) is 25.9 Å². The monoisotopic (exact) mass is 255 g/mol. The fraction of sp³-hybridized carbons (Fsp3) is 0.750. The van der Waals surface area contributed by atoms with Crippen LogP contribution in [0.2, 0.25) is 0 Å². The summed E-state index contributed by atoms with van der Waals surface area (Å²) < 4.78 is 5.56. The quantitative estimate of drug-likeness (QED) is 0.779. The molecule has 17 heavy (non-hydrogen) atoms. The van der Waals surface area contributed by atoms with Gasteiger partial charge in [0.2, 0.25) is 0 Å². The first kappa shape index (κ1) is 13.0. The van der Waals surface area contributed by atoms with Gasteiger partial charge in [0.15, 0.2) is 0 Å². The Kier molecular flexibility index (Phi) is 5.38. The normalized spacial score (nSPS) is 21.8.